The smallest absolute Gasteiger partial charge is 0.333 e. The molecule has 1 heterocycles. The lowest BCUT2D eigenvalue weighted by Crippen LogP contribution is -2.12. The minimum Gasteiger partial charge on any atom is -0.393 e. The van der Waals surface area contributed by atoms with Crippen molar-refractivity contribution in [3.63, 3.8) is 0 Å². The molecule has 2 N–H and O–H groups in total. The molecular formula is C12H22N4O3. The zero-order valence-electron chi connectivity index (χ0n) is 11.7. The van der Waals surface area contributed by atoms with Crippen molar-refractivity contribution in [1.29, 1.82) is 0 Å². The number of nitrogens with zero attached hydrogens (tertiary/aromatic N) is 3. The maximum absolute atomic E-state index is 11.1. The number of nitrogens with one attached hydrogen (secondary N) is 1. The van der Waals surface area contributed by atoms with E-state index in [1.54, 1.807) is 18.5 Å². The van der Waals surface area contributed by atoms with Crippen molar-refractivity contribution >= 4 is 11.5 Å². The van der Waals surface area contributed by atoms with Gasteiger partial charge in [0.05, 0.1) is 11.0 Å². The van der Waals surface area contributed by atoms with E-state index >= 15 is 0 Å². The average molecular weight is 270 g/mol. The van der Waals surface area contributed by atoms with Crippen LogP contribution in [-0.2, 0) is 6.54 Å². The molecule has 19 heavy (non-hydrogen) atoms. The first-order valence-electron chi connectivity index (χ1n) is 6.61. The zero-order chi connectivity index (χ0) is 14.4. The number of aryl methyl sites for hydroxylation is 2. The van der Waals surface area contributed by atoms with Crippen LogP contribution in [0.4, 0.5) is 11.5 Å². The Morgan fingerprint density at radius 2 is 2.26 bits per heavy atom. The average Bonchev–Trinajstić information content (AvgIpc) is 2.61. The SMILES string of the molecule is CCCn1nc(C)c([N+](=O)[O-])c1NCCCC(C)O. The molecule has 0 aliphatic heterocycles. The van der Waals surface area contributed by atoms with Gasteiger partial charge in [-0.2, -0.15) is 5.10 Å². The largest absolute Gasteiger partial charge is 0.393 e. The third-order valence-electron chi connectivity index (χ3n) is 2.80. The molecule has 1 atom stereocenters. The number of aliphatic hydroxyl groups is 1. The fourth-order valence-electron chi connectivity index (χ4n) is 1.94. The highest BCUT2D eigenvalue weighted by Gasteiger charge is 2.24. The van der Waals surface area contributed by atoms with Crippen LogP contribution in [0.25, 0.3) is 0 Å². The Bertz CT molecular complexity index is 429. The zero-order valence-corrected chi connectivity index (χ0v) is 11.7. The highest BCUT2D eigenvalue weighted by atomic mass is 16.6. The number of rotatable bonds is 8. The summed E-state index contributed by atoms with van der Waals surface area (Å²) in [4.78, 5) is 10.7. The maximum Gasteiger partial charge on any atom is 0.333 e. The molecule has 0 amide bonds. The first-order chi connectivity index (χ1) is 8.97. The van der Waals surface area contributed by atoms with E-state index in [1.165, 1.54) is 0 Å². The van der Waals surface area contributed by atoms with E-state index in [-0.39, 0.29) is 11.8 Å². The van der Waals surface area contributed by atoms with Crippen molar-refractivity contribution in [2.45, 2.75) is 52.7 Å². The Hall–Kier alpha value is -1.63. The van der Waals surface area contributed by atoms with E-state index < -0.39 is 4.92 Å². The van der Waals surface area contributed by atoms with Crippen LogP contribution in [0.3, 0.4) is 0 Å². The molecule has 0 aliphatic carbocycles. The summed E-state index contributed by atoms with van der Waals surface area (Å²) in [6.07, 6.45) is 1.94. The first kappa shape index (κ1) is 15.4. The Labute approximate surface area is 112 Å². The highest BCUT2D eigenvalue weighted by Crippen LogP contribution is 2.28. The van der Waals surface area contributed by atoms with Gasteiger partial charge in [-0.05, 0) is 33.1 Å². The fourth-order valence-corrected chi connectivity index (χ4v) is 1.94. The van der Waals surface area contributed by atoms with Crippen LogP contribution in [0.1, 0.15) is 38.8 Å². The van der Waals surface area contributed by atoms with Gasteiger partial charge in [-0.3, -0.25) is 10.1 Å². The lowest BCUT2D eigenvalue weighted by atomic mass is 10.2. The van der Waals surface area contributed by atoms with Crippen LogP contribution in [0.2, 0.25) is 0 Å². The lowest BCUT2D eigenvalue weighted by Gasteiger charge is -2.09. The second-order valence-corrected chi connectivity index (χ2v) is 4.68. The molecule has 1 aromatic heterocycles. The molecule has 0 saturated heterocycles. The van der Waals surface area contributed by atoms with Crippen LogP contribution in [0, 0.1) is 17.0 Å². The van der Waals surface area contributed by atoms with Crippen molar-refractivity contribution in [1.82, 2.24) is 9.78 Å². The van der Waals surface area contributed by atoms with Crippen molar-refractivity contribution in [3.05, 3.63) is 15.8 Å². The van der Waals surface area contributed by atoms with Gasteiger partial charge < -0.3 is 10.4 Å². The molecule has 0 spiro atoms. The lowest BCUT2D eigenvalue weighted by molar-refractivity contribution is -0.384. The number of nitro groups is 1. The molecule has 1 unspecified atom stereocenters. The van der Waals surface area contributed by atoms with Gasteiger partial charge in [0.25, 0.3) is 0 Å². The molecule has 1 aromatic rings. The number of hydrogen-bond donors (Lipinski definition) is 2. The summed E-state index contributed by atoms with van der Waals surface area (Å²) in [6.45, 7) is 6.60. The summed E-state index contributed by atoms with van der Waals surface area (Å²) in [5.74, 6) is 0.468. The Kier molecular flexibility index (Phi) is 5.75. The molecule has 7 heteroatoms. The van der Waals surface area contributed by atoms with Crippen molar-refractivity contribution in [2.24, 2.45) is 0 Å². The van der Waals surface area contributed by atoms with E-state index in [0.29, 0.717) is 31.0 Å². The van der Waals surface area contributed by atoms with E-state index in [4.69, 9.17) is 0 Å². The minimum absolute atomic E-state index is 0.0468. The van der Waals surface area contributed by atoms with Crippen LogP contribution in [0.15, 0.2) is 0 Å². The molecule has 7 nitrogen and oxygen atoms in total. The number of anilines is 1. The molecule has 0 bridgehead atoms. The first-order valence-corrected chi connectivity index (χ1v) is 6.61. The molecule has 108 valence electrons. The predicted octanol–water partition coefficient (Wildman–Crippen LogP) is 2.08. The van der Waals surface area contributed by atoms with E-state index in [9.17, 15) is 15.2 Å². The summed E-state index contributed by atoms with van der Waals surface area (Å²) in [6, 6.07) is 0. The van der Waals surface area contributed by atoms with E-state index in [2.05, 4.69) is 10.4 Å². The van der Waals surface area contributed by atoms with Crippen molar-refractivity contribution < 1.29 is 10.0 Å². The standard InChI is InChI=1S/C12H22N4O3/c1-4-8-15-12(13-7-5-6-9(2)17)11(16(18)19)10(3)14-15/h9,13,17H,4-8H2,1-3H3. The third-order valence-corrected chi connectivity index (χ3v) is 2.80. The second-order valence-electron chi connectivity index (χ2n) is 4.68. The van der Waals surface area contributed by atoms with Gasteiger partial charge in [0.15, 0.2) is 0 Å². The van der Waals surface area contributed by atoms with Gasteiger partial charge in [-0.1, -0.05) is 6.92 Å². The van der Waals surface area contributed by atoms with E-state index in [0.717, 1.165) is 12.8 Å². The minimum atomic E-state index is -0.397. The maximum atomic E-state index is 11.1. The van der Waals surface area contributed by atoms with Crippen LogP contribution in [-0.4, -0.2) is 32.5 Å². The highest BCUT2D eigenvalue weighted by molar-refractivity contribution is 5.59. The molecule has 0 radical (unpaired) electrons. The van der Waals surface area contributed by atoms with Crippen LogP contribution >= 0.6 is 0 Å². The van der Waals surface area contributed by atoms with Crippen LogP contribution < -0.4 is 5.32 Å². The second kappa shape index (κ2) is 7.08. The number of aromatic nitrogens is 2. The Morgan fingerprint density at radius 3 is 2.79 bits per heavy atom. The molecule has 0 saturated carbocycles. The van der Waals surface area contributed by atoms with Gasteiger partial charge in [0, 0.05) is 13.1 Å². The Morgan fingerprint density at radius 1 is 1.58 bits per heavy atom. The van der Waals surface area contributed by atoms with Gasteiger partial charge in [0.2, 0.25) is 5.82 Å². The number of hydrogen-bond acceptors (Lipinski definition) is 5. The third kappa shape index (κ3) is 4.20. The quantitative estimate of drug-likeness (QED) is 0.428. The molecule has 0 fully saturated rings. The topological polar surface area (TPSA) is 93.2 Å². The van der Waals surface area contributed by atoms with Crippen molar-refractivity contribution in [2.75, 3.05) is 11.9 Å². The molecular weight excluding hydrogens is 248 g/mol. The van der Waals surface area contributed by atoms with E-state index in [1.807, 2.05) is 6.92 Å². The van der Waals surface area contributed by atoms with Crippen molar-refractivity contribution in [3.8, 4) is 0 Å². The Balaban J connectivity index is 2.80. The molecule has 1 rings (SSSR count). The fraction of sp³-hybridized carbons (Fsp3) is 0.750. The molecule has 0 aliphatic rings. The van der Waals surface area contributed by atoms with Gasteiger partial charge in [0.1, 0.15) is 5.69 Å². The predicted molar refractivity (Wildman–Crippen MR) is 73.3 cm³/mol. The molecule has 0 aromatic carbocycles. The van der Waals surface area contributed by atoms with Gasteiger partial charge in [-0.15, -0.1) is 0 Å². The summed E-state index contributed by atoms with van der Waals surface area (Å²) in [7, 11) is 0. The van der Waals surface area contributed by atoms with Gasteiger partial charge >= 0.3 is 5.69 Å². The van der Waals surface area contributed by atoms with Crippen LogP contribution in [0.5, 0.6) is 0 Å². The normalized spacial score (nSPS) is 12.4. The summed E-state index contributed by atoms with van der Waals surface area (Å²) in [5, 5.41) is 27.5. The monoisotopic (exact) mass is 270 g/mol. The summed E-state index contributed by atoms with van der Waals surface area (Å²) >= 11 is 0. The van der Waals surface area contributed by atoms with Gasteiger partial charge in [-0.25, -0.2) is 4.68 Å². The summed E-state index contributed by atoms with van der Waals surface area (Å²) < 4.78 is 1.65. The number of aliphatic hydroxyl groups excluding tert-OH is 1. The summed E-state index contributed by atoms with van der Waals surface area (Å²) in [5.41, 5.74) is 0.474.